The second-order valence-electron chi connectivity index (χ2n) is 4.66. The van der Waals surface area contributed by atoms with Crippen molar-refractivity contribution < 1.29 is 4.74 Å². The van der Waals surface area contributed by atoms with Gasteiger partial charge in [0.2, 0.25) is 0 Å². The Kier molecular flexibility index (Phi) is 4.39. The number of hydrogen-bond acceptors (Lipinski definition) is 2. The average molecular weight is 257 g/mol. The van der Waals surface area contributed by atoms with Gasteiger partial charge < -0.3 is 9.30 Å². The van der Waals surface area contributed by atoms with Crippen molar-refractivity contribution in [2.24, 2.45) is 0 Å². The van der Waals surface area contributed by atoms with Crippen LogP contribution < -0.4 is 10.3 Å². The predicted octanol–water partition coefficient (Wildman–Crippen LogP) is 2.93. The van der Waals surface area contributed by atoms with Gasteiger partial charge in [-0.2, -0.15) is 0 Å². The van der Waals surface area contributed by atoms with Crippen LogP contribution in [0.1, 0.15) is 17.5 Å². The fraction of sp³-hybridized carbons (Fsp3) is 0.312. The number of rotatable bonds is 5. The van der Waals surface area contributed by atoms with Crippen molar-refractivity contribution in [1.29, 1.82) is 0 Å². The van der Waals surface area contributed by atoms with E-state index >= 15 is 0 Å². The molecule has 0 fully saturated rings. The lowest BCUT2D eigenvalue weighted by Crippen LogP contribution is -2.22. The summed E-state index contributed by atoms with van der Waals surface area (Å²) >= 11 is 0. The molecule has 19 heavy (non-hydrogen) atoms. The summed E-state index contributed by atoms with van der Waals surface area (Å²) in [7, 11) is 0. The molecular weight excluding hydrogens is 238 g/mol. The van der Waals surface area contributed by atoms with Crippen LogP contribution in [0, 0.1) is 13.8 Å². The molecule has 0 aliphatic heterocycles. The van der Waals surface area contributed by atoms with Gasteiger partial charge in [0.1, 0.15) is 5.75 Å². The first-order valence-electron chi connectivity index (χ1n) is 6.53. The molecule has 0 spiro atoms. The second-order valence-corrected chi connectivity index (χ2v) is 4.66. The van der Waals surface area contributed by atoms with E-state index in [1.165, 1.54) is 0 Å². The number of aromatic nitrogens is 1. The van der Waals surface area contributed by atoms with Gasteiger partial charge in [0.25, 0.3) is 5.56 Å². The fourth-order valence-electron chi connectivity index (χ4n) is 1.97. The van der Waals surface area contributed by atoms with E-state index in [-0.39, 0.29) is 5.56 Å². The molecule has 1 heterocycles. The first-order valence-corrected chi connectivity index (χ1v) is 6.53. The Morgan fingerprint density at radius 2 is 1.79 bits per heavy atom. The molecule has 100 valence electrons. The van der Waals surface area contributed by atoms with Gasteiger partial charge in [-0.25, -0.2) is 0 Å². The lowest BCUT2D eigenvalue weighted by atomic mass is 10.2. The SMILES string of the molecule is Cc1ccccc1OCCCn1cccc(C)c1=O. The van der Waals surface area contributed by atoms with Crippen LogP contribution in [0.15, 0.2) is 47.4 Å². The molecule has 0 saturated carbocycles. The van der Waals surface area contributed by atoms with Crippen molar-refractivity contribution in [1.82, 2.24) is 4.57 Å². The maximum atomic E-state index is 11.8. The van der Waals surface area contributed by atoms with E-state index in [9.17, 15) is 4.79 Å². The fourth-order valence-corrected chi connectivity index (χ4v) is 1.97. The summed E-state index contributed by atoms with van der Waals surface area (Å²) in [6.45, 7) is 5.17. The molecule has 2 rings (SSSR count). The van der Waals surface area contributed by atoms with Gasteiger partial charge in [-0.15, -0.1) is 0 Å². The van der Waals surface area contributed by atoms with Crippen LogP contribution in [-0.2, 0) is 6.54 Å². The van der Waals surface area contributed by atoms with E-state index in [1.54, 1.807) is 4.57 Å². The van der Waals surface area contributed by atoms with E-state index in [2.05, 4.69) is 0 Å². The number of nitrogens with zero attached hydrogens (tertiary/aromatic N) is 1. The van der Waals surface area contributed by atoms with Crippen LogP contribution in [-0.4, -0.2) is 11.2 Å². The van der Waals surface area contributed by atoms with Gasteiger partial charge in [-0.3, -0.25) is 4.79 Å². The van der Waals surface area contributed by atoms with Gasteiger partial charge in [0, 0.05) is 18.3 Å². The zero-order valence-corrected chi connectivity index (χ0v) is 11.4. The van der Waals surface area contributed by atoms with Gasteiger partial charge >= 0.3 is 0 Å². The van der Waals surface area contributed by atoms with Crippen molar-refractivity contribution >= 4 is 0 Å². The molecule has 0 saturated heterocycles. The summed E-state index contributed by atoms with van der Waals surface area (Å²) in [6, 6.07) is 11.7. The third kappa shape index (κ3) is 3.47. The highest BCUT2D eigenvalue weighted by atomic mass is 16.5. The predicted molar refractivity (Wildman–Crippen MR) is 76.7 cm³/mol. The lowest BCUT2D eigenvalue weighted by Gasteiger charge is -2.10. The summed E-state index contributed by atoms with van der Waals surface area (Å²) < 4.78 is 7.45. The average Bonchev–Trinajstić information content (AvgIpc) is 2.41. The Balaban J connectivity index is 1.86. The third-order valence-electron chi connectivity index (χ3n) is 3.10. The maximum Gasteiger partial charge on any atom is 0.253 e. The molecule has 3 heteroatoms. The van der Waals surface area contributed by atoms with Crippen molar-refractivity contribution in [2.45, 2.75) is 26.8 Å². The number of aryl methyl sites for hydroxylation is 3. The Morgan fingerprint density at radius 1 is 1.05 bits per heavy atom. The zero-order chi connectivity index (χ0) is 13.7. The van der Waals surface area contributed by atoms with E-state index in [0.29, 0.717) is 13.2 Å². The number of benzene rings is 1. The van der Waals surface area contributed by atoms with Crippen LogP contribution >= 0.6 is 0 Å². The normalized spacial score (nSPS) is 10.4. The Labute approximate surface area is 113 Å². The van der Waals surface area contributed by atoms with Crippen molar-refractivity contribution in [3.05, 3.63) is 64.1 Å². The topological polar surface area (TPSA) is 31.2 Å². The number of pyridine rings is 1. The molecule has 0 amide bonds. The van der Waals surface area contributed by atoms with Crippen molar-refractivity contribution in [2.75, 3.05) is 6.61 Å². The monoisotopic (exact) mass is 257 g/mol. The summed E-state index contributed by atoms with van der Waals surface area (Å²) in [5.74, 6) is 0.916. The zero-order valence-electron chi connectivity index (χ0n) is 11.4. The minimum Gasteiger partial charge on any atom is -0.493 e. The Morgan fingerprint density at radius 3 is 2.58 bits per heavy atom. The molecule has 0 atom stereocenters. The summed E-state index contributed by atoms with van der Waals surface area (Å²) in [5, 5.41) is 0. The van der Waals surface area contributed by atoms with E-state index in [0.717, 1.165) is 23.3 Å². The highest BCUT2D eigenvalue weighted by Gasteiger charge is 2.00. The minimum absolute atomic E-state index is 0.0818. The van der Waals surface area contributed by atoms with Gasteiger partial charge in [0.05, 0.1) is 6.61 Å². The largest absolute Gasteiger partial charge is 0.493 e. The van der Waals surface area contributed by atoms with E-state index in [1.807, 2.05) is 56.4 Å². The Hall–Kier alpha value is -2.03. The second kappa shape index (κ2) is 6.23. The van der Waals surface area contributed by atoms with Crippen molar-refractivity contribution in [3.8, 4) is 5.75 Å². The van der Waals surface area contributed by atoms with Crippen LogP contribution in [0.3, 0.4) is 0 Å². The third-order valence-corrected chi connectivity index (χ3v) is 3.10. The van der Waals surface area contributed by atoms with E-state index < -0.39 is 0 Å². The van der Waals surface area contributed by atoms with Gasteiger partial charge in [-0.1, -0.05) is 24.3 Å². The smallest absolute Gasteiger partial charge is 0.253 e. The molecule has 0 radical (unpaired) electrons. The van der Waals surface area contributed by atoms with Crippen LogP contribution in [0.5, 0.6) is 5.75 Å². The summed E-state index contributed by atoms with van der Waals surface area (Å²) in [6.07, 6.45) is 2.64. The standard InChI is InChI=1S/C16H19NO2/c1-13-7-3-4-9-15(13)19-12-6-11-17-10-5-8-14(2)16(17)18/h3-5,7-10H,6,11-12H2,1-2H3. The van der Waals surface area contributed by atoms with Crippen LogP contribution in [0.2, 0.25) is 0 Å². The van der Waals surface area contributed by atoms with Crippen LogP contribution in [0.4, 0.5) is 0 Å². The molecule has 1 aromatic heterocycles. The molecule has 2 aromatic rings. The molecule has 0 aliphatic carbocycles. The van der Waals surface area contributed by atoms with Crippen LogP contribution in [0.25, 0.3) is 0 Å². The molecule has 0 N–H and O–H groups in total. The lowest BCUT2D eigenvalue weighted by molar-refractivity contribution is 0.299. The highest BCUT2D eigenvalue weighted by Crippen LogP contribution is 2.16. The summed E-state index contributed by atoms with van der Waals surface area (Å²) in [5.41, 5.74) is 2.00. The molecule has 0 bridgehead atoms. The first-order chi connectivity index (χ1) is 9.18. The molecule has 0 unspecified atom stereocenters. The number of hydrogen-bond donors (Lipinski definition) is 0. The van der Waals surface area contributed by atoms with Crippen molar-refractivity contribution in [3.63, 3.8) is 0 Å². The van der Waals surface area contributed by atoms with Gasteiger partial charge in [-0.05, 0) is 38.0 Å². The molecule has 3 nitrogen and oxygen atoms in total. The number of para-hydroxylation sites is 1. The summed E-state index contributed by atoms with van der Waals surface area (Å²) in [4.78, 5) is 11.8. The van der Waals surface area contributed by atoms with E-state index in [4.69, 9.17) is 4.74 Å². The quantitative estimate of drug-likeness (QED) is 0.771. The number of ether oxygens (including phenoxy) is 1. The molecule has 0 aliphatic rings. The van der Waals surface area contributed by atoms with Gasteiger partial charge in [0.15, 0.2) is 0 Å². The molecular formula is C16H19NO2. The highest BCUT2D eigenvalue weighted by molar-refractivity contribution is 5.31. The Bertz CT molecular complexity index is 602. The molecule has 1 aromatic carbocycles. The maximum absolute atomic E-state index is 11.8. The minimum atomic E-state index is 0.0818. The first kappa shape index (κ1) is 13.4.